The lowest BCUT2D eigenvalue weighted by Gasteiger charge is -2.22. The molecule has 1 atom stereocenters. The predicted molar refractivity (Wildman–Crippen MR) is 138 cm³/mol. The molecule has 32 heavy (non-hydrogen) atoms. The fourth-order valence-electron chi connectivity index (χ4n) is 3.71. The number of rotatable bonds is 6. The van der Waals surface area contributed by atoms with Crippen molar-refractivity contribution >= 4 is 50.5 Å². The molecule has 2 aromatic carbocycles. The molecule has 4 aromatic rings. The molecular weight excluding hydrogens is 506 g/mol. The monoisotopic (exact) mass is 527 g/mol. The first kappa shape index (κ1) is 22.5. The summed E-state index contributed by atoms with van der Waals surface area (Å²) in [6, 6.07) is 20.5. The molecule has 8 heteroatoms. The number of nitrogens with zero attached hydrogens (tertiary/aromatic N) is 3. The van der Waals surface area contributed by atoms with Crippen molar-refractivity contribution in [1.29, 1.82) is 0 Å². The summed E-state index contributed by atoms with van der Waals surface area (Å²) < 4.78 is 11.0. The average Bonchev–Trinajstić information content (AvgIpc) is 3.59. The summed E-state index contributed by atoms with van der Waals surface area (Å²) in [5.74, 6) is 1.43. The van der Waals surface area contributed by atoms with Crippen LogP contribution in [0.15, 0.2) is 76.5 Å². The van der Waals surface area contributed by atoms with Crippen LogP contribution < -0.4 is 14.5 Å². The normalized spacial score (nSPS) is 15.2. The van der Waals surface area contributed by atoms with Crippen LogP contribution in [-0.2, 0) is 0 Å². The summed E-state index contributed by atoms with van der Waals surface area (Å²) in [5, 5.41) is 12.1. The predicted octanol–water partition coefficient (Wildman–Crippen LogP) is 6.82. The zero-order chi connectivity index (χ0) is 21.2. The molecule has 5 rings (SSSR count). The first-order valence-electron chi connectivity index (χ1n) is 9.90. The second-order valence-corrected chi connectivity index (χ2v) is 8.87. The SMILES string of the molecule is Br.COc1ccc(C2CC(c3cccs3)=NN2c2nc(-c3ccccc3)cs2)cc1OC. The third-order valence-electron chi connectivity index (χ3n) is 5.27. The fourth-order valence-corrected chi connectivity index (χ4v) is 5.26. The minimum Gasteiger partial charge on any atom is -0.493 e. The van der Waals surface area contributed by atoms with Gasteiger partial charge in [0, 0.05) is 17.4 Å². The molecule has 0 radical (unpaired) electrons. The van der Waals surface area contributed by atoms with Gasteiger partial charge in [-0.3, -0.25) is 0 Å². The van der Waals surface area contributed by atoms with Crippen molar-refractivity contribution < 1.29 is 9.47 Å². The van der Waals surface area contributed by atoms with Crippen LogP contribution in [0.2, 0.25) is 0 Å². The van der Waals surface area contributed by atoms with Crippen LogP contribution in [0, 0.1) is 0 Å². The molecule has 3 heterocycles. The lowest BCUT2D eigenvalue weighted by molar-refractivity contribution is 0.354. The Hall–Kier alpha value is -2.68. The Balaban J connectivity index is 0.00000245. The molecule has 1 unspecified atom stereocenters. The van der Waals surface area contributed by atoms with Gasteiger partial charge in [-0.15, -0.1) is 39.7 Å². The molecular formula is C24H22BrN3O2S2. The molecule has 2 aromatic heterocycles. The summed E-state index contributed by atoms with van der Waals surface area (Å²) in [6.07, 6.45) is 0.802. The van der Waals surface area contributed by atoms with Gasteiger partial charge in [-0.05, 0) is 29.1 Å². The molecule has 0 spiro atoms. The van der Waals surface area contributed by atoms with E-state index in [1.54, 1.807) is 36.9 Å². The van der Waals surface area contributed by atoms with E-state index in [0.717, 1.165) is 39.8 Å². The Bertz CT molecular complexity index is 1210. The highest BCUT2D eigenvalue weighted by atomic mass is 79.9. The first-order chi connectivity index (χ1) is 15.3. The molecule has 0 fully saturated rings. The fraction of sp³-hybridized carbons (Fsp3) is 0.167. The van der Waals surface area contributed by atoms with E-state index < -0.39 is 0 Å². The maximum atomic E-state index is 5.55. The minimum atomic E-state index is 0. The molecule has 0 saturated carbocycles. The highest BCUT2D eigenvalue weighted by Gasteiger charge is 2.32. The maximum absolute atomic E-state index is 5.55. The van der Waals surface area contributed by atoms with Gasteiger partial charge in [-0.2, -0.15) is 5.10 Å². The molecule has 0 bridgehead atoms. The van der Waals surface area contributed by atoms with E-state index in [9.17, 15) is 0 Å². The van der Waals surface area contributed by atoms with Gasteiger partial charge in [-0.25, -0.2) is 9.99 Å². The maximum Gasteiger partial charge on any atom is 0.207 e. The number of ether oxygens (including phenoxy) is 2. The van der Waals surface area contributed by atoms with Crippen molar-refractivity contribution in [2.45, 2.75) is 12.5 Å². The van der Waals surface area contributed by atoms with E-state index in [1.165, 1.54) is 4.88 Å². The molecule has 0 aliphatic carbocycles. The Labute approximate surface area is 205 Å². The number of hydrazone groups is 1. The number of hydrogen-bond donors (Lipinski definition) is 0. The summed E-state index contributed by atoms with van der Waals surface area (Å²) in [4.78, 5) is 6.10. The third kappa shape index (κ3) is 4.30. The van der Waals surface area contributed by atoms with Crippen molar-refractivity contribution in [1.82, 2.24) is 4.98 Å². The summed E-state index contributed by atoms with van der Waals surface area (Å²) >= 11 is 3.32. The Morgan fingerprint density at radius 1 is 0.938 bits per heavy atom. The average molecular weight is 528 g/mol. The van der Waals surface area contributed by atoms with Crippen LogP contribution >= 0.6 is 39.7 Å². The number of thiazole rings is 1. The van der Waals surface area contributed by atoms with Crippen molar-refractivity contribution in [2.75, 3.05) is 19.2 Å². The van der Waals surface area contributed by atoms with E-state index in [2.05, 4.69) is 41.1 Å². The summed E-state index contributed by atoms with van der Waals surface area (Å²) in [6.45, 7) is 0. The van der Waals surface area contributed by atoms with Gasteiger partial charge in [-0.1, -0.05) is 42.5 Å². The van der Waals surface area contributed by atoms with Gasteiger partial charge in [0.25, 0.3) is 0 Å². The zero-order valence-corrected chi connectivity index (χ0v) is 20.9. The Morgan fingerprint density at radius 2 is 1.75 bits per heavy atom. The smallest absolute Gasteiger partial charge is 0.207 e. The second kappa shape index (κ2) is 9.85. The summed E-state index contributed by atoms with van der Waals surface area (Å²) in [7, 11) is 3.31. The Morgan fingerprint density at radius 3 is 2.47 bits per heavy atom. The van der Waals surface area contributed by atoms with E-state index >= 15 is 0 Å². The highest BCUT2D eigenvalue weighted by molar-refractivity contribution is 8.93. The largest absolute Gasteiger partial charge is 0.493 e. The van der Waals surface area contributed by atoms with E-state index in [-0.39, 0.29) is 23.0 Å². The lowest BCUT2D eigenvalue weighted by atomic mass is 10.0. The van der Waals surface area contributed by atoms with E-state index in [4.69, 9.17) is 19.6 Å². The number of hydrogen-bond acceptors (Lipinski definition) is 7. The number of methoxy groups -OCH3 is 2. The van der Waals surface area contributed by atoms with Gasteiger partial charge < -0.3 is 9.47 Å². The topological polar surface area (TPSA) is 47.0 Å². The Kier molecular flexibility index (Phi) is 6.93. The number of halogens is 1. The highest BCUT2D eigenvalue weighted by Crippen LogP contribution is 2.41. The van der Waals surface area contributed by atoms with E-state index in [0.29, 0.717) is 5.75 Å². The molecule has 1 aliphatic heterocycles. The van der Waals surface area contributed by atoms with Crippen LogP contribution in [0.1, 0.15) is 22.9 Å². The van der Waals surface area contributed by atoms with Gasteiger partial charge in [0.2, 0.25) is 5.13 Å². The van der Waals surface area contributed by atoms with Crippen LogP contribution in [0.4, 0.5) is 5.13 Å². The van der Waals surface area contributed by atoms with E-state index in [1.807, 2.05) is 35.3 Å². The van der Waals surface area contributed by atoms with Gasteiger partial charge in [0.15, 0.2) is 11.5 Å². The van der Waals surface area contributed by atoms with Gasteiger partial charge in [0.1, 0.15) is 0 Å². The van der Waals surface area contributed by atoms with Crippen LogP contribution in [0.5, 0.6) is 11.5 Å². The number of thiophene rings is 1. The molecule has 0 amide bonds. The lowest BCUT2D eigenvalue weighted by Crippen LogP contribution is -2.18. The van der Waals surface area contributed by atoms with Crippen molar-refractivity contribution in [3.8, 4) is 22.8 Å². The minimum absolute atomic E-state index is 0. The number of benzene rings is 2. The van der Waals surface area contributed by atoms with Crippen LogP contribution in [-0.4, -0.2) is 24.9 Å². The molecule has 1 aliphatic rings. The molecule has 5 nitrogen and oxygen atoms in total. The first-order valence-corrected chi connectivity index (χ1v) is 11.7. The van der Waals surface area contributed by atoms with Gasteiger partial charge >= 0.3 is 0 Å². The summed E-state index contributed by atoms with van der Waals surface area (Å²) in [5.41, 5.74) is 4.26. The van der Waals surface area contributed by atoms with Crippen molar-refractivity contribution in [2.24, 2.45) is 5.10 Å². The number of anilines is 1. The van der Waals surface area contributed by atoms with Crippen LogP contribution in [0.25, 0.3) is 11.3 Å². The molecule has 164 valence electrons. The standard InChI is InChI=1S/C24H21N3O2S2.BrH/c1-28-21-11-10-17(13-22(21)29-2)20-14-18(23-9-6-12-30-23)26-27(20)24-25-19(15-31-24)16-7-4-3-5-8-16;/h3-13,15,20H,14H2,1-2H3;1H. The zero-order valence-electron chi connectivity index (χ0n) is 17.6. The second-order valence-electron chi connectivity index (χ2n) is 7.08. The molecule has 0 N–H and O–H groups in total. The van der Waals surface area contributed by atoms with Gasteiger partial charge in [0.05, 0.1) is 36.5 Å². The number of aromatic nitrogens is 1. The van der Waals surface area contributed by atoms with Crippen molar-refractivity contribution in [3.05, 3.63) is 81.9 Å². The quantitative estimate of drug-likeness (QED) is 0.276. The molecule has 0 saturated heterocycles. The third-order valence-corrected chi connectivity index (χ3v) is 7.02. The van der Waals surface area contributed by atoms with Crippen molar-refractivity contribution in [3.63, 3.8) is 0 Å². The van der Waals surface area contributed by atoms with Crippen LogP contribution in [0.3, 0.4) is 0 Å².